The number of carbonyl (C=O) groups excluding carboxylic acids is 1. The molecule has 0 aliphatic heterocycles. The van der Waals surface area contributed by atoms with Crippen LogP contribution in [0.3, 0.4) is 0 Å². The van der Waals surface area contributed by atoms with Gasteiger partial charge in [0, 0.05) is 35.3 Å². The van der Waals surface area contributed by atoms with E-state index in [1.807, 2.05) is 25.4 Å². The predicted octanol–water partition coefficient (Wildman–Crippen LogP) is 2.64. The highest BCUT2D eigenvalue weighted by Crippen LogP contribution is 2.27. The Morgan fingerprint density at radius 3 is 2.95 bits per heavy atom. The molecular formula is C13H18BrClN4O2S. The van der Waals surface area contributed by atoms with Gasteiger partial charge in [-0.05, 0) is 36.0 Å². The maximum absolute atomic E-state index is 11.7. The minimum Gasteiger partial charge on any atom is -0.355 e. The van der Waals surface area contributed by atoms with Gasteiger partial charge in [-0.3, -0.25) is 4.79 Å². The van der Waals surface area contributed by atoms with E-state index in [0.29, 0.717) is 31.1 Å². The standard InChI is InChI=1S/C13H17BrN4O2S.ClH/c1-8(15-2)6-16-11(19)3-4-12-17-13(18-20-12)10-5-9(14)7-21-10;/h5,7-8,15H,3-4,6H2,1-2H3,(H,16,19);1H. The maximum Gasteiger partial charge on any atom is 0.227 e. The number of aryl methyl sites for hydroxylation is 1. The molecule has 0 radical (unpaired) electrons. The number of nitrogens with zero attached hydrogens (tertiary/aromatic N) is 2. The highest BCUT2D eigenvalue weighted by molar-refractivity contribution is 9.10. The van der Waals surface area contributed by atoms with Crippen LogP contribution in [-0.2, 0) is 11.2 Å². The third-order valence-electron chi connectivity index (χ3n) is 2.92. The number of aromatic nitrogens is 2. The summed E-state index contributed by atoms with van der Waals surface area (Å²) in [6.07, 6.45) is 0.783. The van der Waals surface area contributed by atoms with E-state index in [1.54, 1.807) is 0 Å². The van der Waals surface area contributed by atoms with Crippen LogP contribution in [0.2, 0.25) is 0 Å². The lowest BCUT2D eigenvalue weighted by Crippen LogP contribution is -2.37. The van der Waals surface area contributed by atoms with Gasteiger partial charge >= 0.3 is 0 Å². The van der Waals surface area contributed by atoms with E-state index >= 15 is 0 Å². The van der Waals surface area contributed by atoms with Gasteiger partial charge < -0.3 is 15.2 Å². The number of thiophene rings is 1. The first-order valence-corrected chi connectivity index (χ1v) is 8.26. The smallest absolute Gasteiger partial charge is 0.227 e. The molecule has 0 saturated heterocycles. The van der Waals surface area contributed by atoms with E-state index in [-0.39, 0.29) is 24.4 Å². The van der Waals surface area contributed by atoms with Crippen LogP contribution in [-0.4, -0.2) is 35.7 Å². The quantitative estimate of drug-likeness (QED) is 0.735. The minimum absolute atomic E-state index is 0. The summed E-state index contributed by atoms with van der Waals surface area (Å²) in [5.74, 6) is 1.02. The van der Waals surface area contributed by atoms with Crippen molar-refractivity contribution < 1.29 is 9.32 Å². The normalized spacial score (nSPS) is 11.8. The lowest BCUT2D eigenvalue weighted by Gasteiger charge is -2.10. The van der Waals surface area contributed by atoms with Crippen molar-refractivity contribution in [1.82, 2.24) is 20.8 Å². The molecule has 9 heteroatoms. The first-order valence-electron chi connectivity index (χ1n) is 6.59. The van der Waals surface area contributed by atoms with Gasteiger partial charge in [0.1, 0.15) is 0 Å². The third-order valence-corrected chi connectivity index (χ3v) is 4.61. The number of nitrogens with one attached hydrogen (secondary N) is 2. The molecule has 2 N–H and O–H groups in total. The Morgan fingerprint density at radius 1 is 1.55 bits per heavy atom. The zero-order valence-electron chi connectivity index (χ0n) is 12.3. The number of rotatable bonds is 7. The minimum atomic E-state index is -0.0179. The van der Waals surface area contributed by atoms with Crippen LogP contribution in [0, 0.1) is 0 Å². The number of likely N-dealkylation sites (N-methyl/N-ethyl adjacent to an activating group) is 1. The van der Waals surface area contributed by atoms with E-state index < -0.39 is 0 Å². The van der Waals surface area contributed by atoms with Crippen molar-refractivity contribution in [3.8, 4) is 10.7 Å². The van der Waals surface area contributed by atoms with Gasteiger partial charge in [-0.1, -0.05) is 5.16 Å². The molecule has 1 atom stereocenters. The molecule has 1 unspecified atom stereocenters. The summed E-state index contributed by atoms with van der Waals surface area (Å²) < 4.78 is 6.16. The summed E-state index contributed by atoms with van der Waals surface area (Å²) in [4.78, 5) is 16.9. The Hall–Kier alpha value is -0.960. The summed E-state index contributed by atoms with van der Waals surface area (Å²) in [7, 11) is 1.86. The lowest BCUT2D eigenvalue weighted by atomic mass is 10.2. The molecule has 0 spiro atoms. The van der Waals surface area contributed by atoms with Gasteiger partial charge in [0.25, 0.3) is 0 Å². The molecule has 2 rings (SSSR count). The third kappa shape index (κ3) is 5.68. The van der Waals surface area contributed by atoms with Crippen LogP contribution < -0.4 is 10.6 Å². The Kier molecular flexibility index (Phi) is 8.02. The fraction of sp³-hybridized carbons (Fsp3) is 0.462. The van der Waals surface area contributed by atoms with Crippen LogP contribution >= 0.6 is 39.7 Å². The number of hydrogen-bond donors (Lipinski definition) is 2. The summed E-state index contributed by atoms with van der Waals surface area (Å²) in [5.41, 5.74) is 0. The highest BCUT2D eigenvalue weighted by Gasteiger charge is 2.12. The average molecular weight is 410 g/mol. The molecule has 1 amide bonds. The Morgan fingerprint density at radius 2 is 2.32 bits per heavy atom. The monoisotopic (exact) mass is 408 g/mol. The lowest BCUT2D eigenvalue weighted by molar-refractivity contribution is -0.121. The van der Waals surface area contributed by atoms with E-state index in [2.05, 4.69) is 36.7 Å². The number of amides is 1. The molecule has 0 fully saturated rings. The Bertz CT molecular complexity index is 604. The first kappa shape index (κ1) is 19.1. The molecule has 122 valence electrons. The van der Waals surface area contributed by atoms with Crippen molar-refractivity contribution in [3.63, 3.8) is 0 Å². The summed E-state index contributed by atoms with van der Waals surface area (Å²) in [6.45, 7) is 2.61. The molecule has 6 nitrogen and oxygen atoms in total. The fourth-order valence-electron chi connectivity index (χ4n) is 1.56. The van der Waals surface area contributed by atoms with Gasteiger partial charge in [0.15, 0.2) is 0 Å². The average Bonchev–Trinajstić information content (AvgIpc) is 3.11. The van der Waals surface area contributed by atoms with Crippen LogP contribution in [0.4, 0.5) is 0 Å². The van der Waals surface area contributed by atoms with Crippen molar-refractivity contribution in [2.75, 3.05) is 13.6 Å². The molecule has 0 bridgehead atoms. The van der Waals surface area contributed by atoms with Crippen LogP contribution in [0.25, 0.3) is 10.7 Å². The molecule has 0 saturated carbocycles. The first-order chi connectivity index (χ1) is 10.1. The second kappa shape index (κ2) is 9.24. The number of carbonyl (C=O) groups is 1. The molecule has 2 aromatic rings. The molecule has 0 aliphatic rings. The molecule has 2 heterocycles. The SMILES string of the molecule is CNC(C)CNC(=O)CCc1nc(-c2cc(Br)cs2)no1.Cl. The second-order valence-corrected chi connectivity index (χ2v) is 6.46. The zero-order valence-corrected chi connectivity index (χ0v) is 15.5. The van der Waals surface area contributed by atoms with Crippen LogP contribution in [0.1, 0.15) is 19.2 Å². The molecule has 0 aromatic carbocycles. The van der Waals surface area contributed by atoms with Gasteiger partial charge in [0.2, 0.25) is 17.6 Å². The zero-order chi connectivity index (χ0) is 15.2. The van der Waals surface area contributed by atoms with Gasteiger partial charge in [-0.2, -0.15) is 4.98 Å². The summed E-state index contributed by atoms with van der Waals surface area (Å²) >= 11 is 4.92. The van der Waals surface area contributed by atoms with E-state index in [9.17, 15) is 4.79 Å². The van der Waals surface area contributed by atoms with Crippen molar-refractivity contribution in [2.24, 2.45) is 0 Å². The Balaban J connectivity index is 0.00000242. The fourth-order valence-corrected chi connectivity index (χ4v) is 2.92. The van der Waals surface area contributed by atoms with Crippen molar-refractivity contribution >= 4 is 45.6 Å². The largest absolute Gasteiger partial charge is 0.355 e. The molecule has 22 heavy (non-hydrogen) atoms. The molecule has 0 aliphatic carbocycles. The van der Waals surface area contributed by atoms with Crippen molar-refractivity contribution in [3.05, 3.63) is 21.8 Å². The number of hydrogen-bond acceptors (Lipinski definition) is 6. The molecular weight excluding hydrogens is 392 g/mol. The topological polar surface area (TPSA) is 80.0 Å². The van der Waals surface area contributed by atoms with Crippen LogP contribution in [0.15, 0.2) is 20.4 Å². The van der Waals surface area contributed by atoms with Crippen molar-refractivity contribution in [2.45, 2.75) is 25.8 Å². The van der Waals surface area contributed by atoms with E-state index in [4.69, 9.17) is 4.52 Å². The van der Waals surface area contributed by atoms with Crippen LogP contribution in [0.5, 0.6) is 0 Å². The number of halogens is 2. The highest BCUT2D eigenvalue weighted by atomic mass is 79.9. The van der Waals surface area contributed by atoms with Crippen molar-refractivity contribution in [1.29, 1.82) is 0 Å². The van der Waals surface area contributed by atoms with Gasteiger partial charge in [0.05, 0.1) is 4.88 Å². The predicted molar refractivity (Wildman–Crippen MR) is 92.4 cm³/mol. The van der Waals surface area contributed by atoms with E-state index in [0.717, 1.165) is 9.35 Å². The summed E-state index contributed by atoms with van der Waals surface area (Å²) in [6, 6.07) is 2.19. The van der Waals surface area contributed by atoms with Gasteiger partial charge in [-0.25, -0.2) is 0 Å². The van der Waals surface area contributed by atoms with E-state index in [1.165, 1.54) is 11.3 Å². The Labute approximate surface area is 147 Å². The van der Waals surface area contributed by atoms with Gasteiger partial charge in [-0.15, -0.1) is 23.7 Å². The maximum atomic E-state index is 11.7. The molecule has 2 aromatic heterocycles. The second-order valence-electron chi connectivity index (χ2n) is 4.63. The summed E-state index contributed by atoms with van der Waals surface area (Å²) in [5, 5.41) is 11.8.